The summed E-state index contributed by atoms with van der Waals surface area (Å²) in [5, 5.41) is 13.1. The molecule has 0 amide bonds. The fourth-order valence-corrected chi connectivity index (χ4v) is 1.15. The number of hydrogen-bond donors (Lipinski definition) is 1. The molecule has 4 heteroatoms. The first-order valence-corrected chi connectivity index (χ1v) is 4.41. The number of nitrogens with zero attached hydrogens (tertiary/aromatic N) is 2. The highest BCUT2D eigenvalue weighted by molar-refractivity contribution is 5.97. The summed E-state index contributed by atoms with van der Waals surface area (Å²) in [6, 6.07) is 1.63. The number of aliphatic hydroxyl groups is 1. The Morgan fingerprint density at radius 2 is 2.46 bits per heavy atom. The second kappa shape index (κ2) is 4.18. The van der Waals surface area contributed by atoms with Gasteiger partial charge in [0.1, 0.15) is 11.8 Å². The minimum absolute atomic E-state index is 0.272. The molecule has 4 nitrogen and oxygen atoms in total. The number of aliphatic hydroxyl groups excluding tert-OH is 1. The van der Waals surface area contributed by atoms with Crippen LogP contribution in [0.1, 0.15) is 30.8 Å². The van der Waals surface area contributed by atoms with E-state index in [0.29, 0.717) is 12.2 Å². The highest BCUT2D eigenvalue weighted by atomic mass is 16.3. The average Bonchev–Trinajstić information content (AvgIpc) is 2.52. The van der Waals surface area contributed by atoms with E-state index < -0.39 is 6.10 Å². The molecule has 0 saturated carbocycles. The Hall–Kier alpha value is -1.16. The summed E-state index contributed by atoms with van der Waals surface area (Å²) >= 11 is 0. The Morgan fingerprint density at radius 3 is 3.00 bits per heavy atom. The minimum Gasteiger partial charge on any atom is -0.385 e. The summed E-state index contributed by atoms with van der Waals surface area (Å²) < 4.78 is 1.62. The molecule has 1 unspecified atom stereocenters. The zero-order chi connectivity index (χ0) is 9.84. The van der Waals surface area contributed by atoms with Crippen LogP contribution in [0.25, 0.3) is 0 Å². The Balaban J connectivity index is 2.87. The molecule has 13 heavy (non-hydrogen) atoms. The van der Waals surface area contributed by atoms with Crippen molar-refractivity contribution >= 4 is 5.78 Å². The van der Waals surface area contributed by atoms with Gasteiger partial charge in [0.25, 0.3) is 0 Å². The normalized spacial score (nSPS) is 12.8. The van der Waals surface area contributed by atoms with Gasteiger partial charge in [-0.3, -0.25) is 9.48 Å². The van der Waals surface area contributed by atoms with Crippen molar-refractivity contribution < 1.29 is 9.90 Å². The first-order valence-electron chi connectivity index (χ1n) is 4.41. The Bertz CT molecular complexity index is 292. The lowest BCUT2D eigenvalue weighted by atomic mass is 10.2. The van der Waals surface area contributed by atoms with E-state index >= 15 is 0 Å². The van der Waals surface area contributed by atoms with E-state index in [9.17, 15) is 4.79 Å². The molecule has 0 bridgehead atoms. The fraction of sp³-hybridized carbons (Fsp3) is 0.556. The van der Waals surface area contributed by atoms with Gasteiger partial charge in [-0.05, 0) is 19.4 Å². The summed E-state index contributed by atoms with van der Waals surface area (Å²) in [7, 11) is 0. The van der Waals surface area contributed by atoms with Crippen LogP contribution in [0.2, 0.25) is 0 Å². The van der Waals surface area contributed by atoms with Crippen LogP contribution < -0.4 is 0 Å². The van der Waals surface area contributed by atoms with Gasteiger partial charge in [0.05, 0.1) is 0 Å². The van der Waals surface area contributed by atoms with Crippen LogP contribution in [0.4, 0.5) is 0 Å². The third kappa shape index (κ3) is 2.15. The minimum atomic E-state index is -0.952. The molecule has 0 aliphatic carbocycles. The molecule has 0 saturated heterocycles. The van der Waals surface area contributed by atoms with E-state index in [2.05, 4.69) is 5.10 Å². The van der Waals surface area contributed by atoms with E-state index in [1.807, 2.05) is 6.92 Å². The van der Waals surface area contributed by atoms with Crippen molar-refractivity contribution in [3.8, 4) is 0 Å². The molecule has 0 fully saturated rings. The monoisotopic (exact) mass is 182 g/mol. The van der Waals surface area contributed by atoms with Gasteiger partial charge in [-0.1, -0.05) is 6.92 Å². The van der Waals surface area contributed by atoms with Gasteiger partial charge in [-0.2, -0.15) is 5.10 Å². The van der Waals surface area contributed by atoms with Crippen LogP contribution in [0.3, 0.4) is 0 Å². The van der Waals surface area contributed by atoms with Gasteiger partial charge >= 0.3 is 0 Å². The quantitative estimate of drug-likeness (QED) is 0.702. The summed E-state index contributed by atoms with van der Waals surface area (Å²) in [6.07, 6.45) is 1.54. The Morgan fingerprint density at radius 1 is 1.77 bits per heavy atom. The van der Waals surface area contributed by atoms with Gasteiger partial charge in [0.2, 0.25) is 5.78 Å². The predicted octanol–water partition coefficient (Wildman–Crippen LogP) is 0.857. The van der Waals surface area contributed by atoms with Crippen molar-refractivity contribution in [2.24, 2.45) is 0 Å². The molecule has 0 spiro atoms. The van der Waals surface area contributed by atoms with E-state index in [1.165, 1.54) is 6.92 Å². The number of hydrogen-bond acceptors (Lipinski definition) is 3. The average molecular weight is 182 g/mol. The maximum absolute atomic E-state index is 11.4. The molecule has 1 heterocycles. The molecule has 1 atom stereocenters. The SMILES string of the molecule is CCCn1nccc1C(=O)C(C)O. The topological polar surface area (TPSA) is 55.1 Å². The molecule has 0 aliphatic rings. The summed E-state index contributed by atoms with van der Waals surface area (Å²) in [5.74, 6) is -0.272. The van der Waals surface area contributed by atoms with Crippen LogP contribution in [-0.2, 0) is 6.54 Å². The van der Waals surface area contributed by atoms with Gasteiger partial charge in [-0.15, -0.1) is 0 Å². The van der Waals surface area contributed by atoms with Crippen LogP contribution in [0.15, 0.2) is 12.3 Å². The standard InChI is InChI=1S/C9H14N2O2/c1-3-6-11-8(4-5-10-11)9(13)7(2)12/h4-5,7,12H,3,6H2,1-2H3. The van der Waals surface area contributed by atoms with Crippen molar-refractivity contribution in [1.29, 1.82) is 0 Å². The number of aromatic nitrogens is 2. The van der Waals surface area contributed by atoms with Crippen LogP contribution in [0.5, 0.6) is 0 Å². The third-order valence-corrected chi connectivity index (χ3v) is 1.78. The van der Waals surface area contributed by atoms with Gasteiger partial charge in [0, 0.05) is 12.7 Å². The molecule has 1 rings (SSSR count). The van der Waals surface area contributed by atoms with Crippen molar-refractivity contribution in [1.82, 2.24) is 9.78 Å². The highest BCUT2D eigenvalue weighted by Gasteiger charge is 2.15. The molecule has 0 aliphatic heterocycles. The van der Waals surface area contributed by atoms with E-state index in [1.54, 1.807) is 16.9 Å². The van der Waals surface area contributed by atoms with Gasteiger partial charge < -0.3 is 5.11 Å². The summed E-state index contributed by atoms with van der Waals surface area (Å²) in [4.78, 5) is 11.4. The van der Waals surface area contributed by atoms with Crippen molar-refractivity contribution in [3.63, 3.8) is 0 Å². The molecular weight excluding hydrogens is 168 g/mol. The number of rotatable bonds is 4. The first-order chi connectivity index (χ1) is 6.16. The zero-order valence-corrected chi connectivity index (χ0v) is 7.90. The van der Waals surface area contributed by atoms with Gasteiger partial charge in [0.15, 0.2) is 0 Å². The first kappa shape index (κ1) is 9.92. The highest BCUT2D eigenvalue weighted by Crippen LogP contribution is 2.04. The number of carbonyl (C=O) groups excluding carboxylic acids is 1. The predicted molar refractivity (Wildman–Crippen MR) is 48.5 cm³/mol. The summed E-state index contributed by atoms with van der Waals surface area (Å²) in [6.45, 7) is 4.19. The van der Waals surface area contributed by atoms with Crippen LogP contribution in [-0.4, -0.2) is 26.8 Å². The number of carbonyl (C=O) groups is 1. The molecule has 1 N–H and O–H groups in total. The second-order valence-corrected chi connectivity index (χ2v) is 2.98. The number of aryl methyl sites for hydroxylation is 1. The zero-order valence-electron chi connectivity index (χ0n) is 7.90. The van der Waals surface area contributed by atoms with Crippen molar-refractivity contribution in [2.75, 3.05) is 0 Å². The lowest BCUT2D eigenvalue weighted by Gasteiger charge is -2.06. The van der Waals surface area contributed by atoms with E-state index in [0.717, 1.165) is 6.42 Å². The maximum atomic E-state index is 11.4. The molecule has 72 valence electrons. The Labute approximate surface area is 77.2 Å². The smallest absolute Gasteiger partial charge is 0.208 e. The molecule has 1 aromatic rings. The van der Waals surface area contributed by atoms with Crippen molar-refractivity contribution in [2.45, 2.75) is 32.9 Å². The van der Waals surface area contributed by atoms with Crippen LogP contribution in [0, 0.1) is 0 Å². The summed E-state index contributed by atoms with van der Waals surface area (Å²) in [5.41, 5.74) is 0.483. The number of Topliss-reactive ketones (excluding diaryl/α,β-unsaturated/α-hetero) is 1. The lowest BCUT2D eigenvalue weighted by Crippen LogP contribution is -2.20. The number of ketones is 1. The molecule has 0 aromatic carbocycles. The van der Waals surface area contributed by atoms with Crippen LogP contribution >= 0.6 is 0 Å². The van der Waals surface area contributed by atoms with E-state index in [4.69, 9.17) is 5.11 Å². The molecule has 0 radical (unpaired) electrons. The largest absolute Gasteiger partial charge is 0.385 e. The van der Waals surface area contributed by atoms with Gasteiger partial charge in [-0.25, -0.2) is 0 Å². The van der Waals surface area contributed by atoms with Crippen molar-refractivity contribution in [3.05, 3.63) is 18.0 Å². The maximum Gasteiger partial charge on any atom is 0.208 e. The molecular formula is C9H14N2O2. The fourth-order valence-electron chi connectivity index (χ4n) is 1.15. The lowest BCUT2D eigenvalue weighted by molar-refractivity contribution is 0.0767. The molecule has 1 aromatic heterocycles. The van der Waals surface area contributed by atoms with E-state index in [-0.39, 0.29) is 5.78 Å². The second-order valence-electron chi connectivity index (χ2n) is 2.98. The Kier molecular flexibility index (Phi) is 3.19. The third-order valence-electron chi connectivity index (χ3n) is 1.78.